The number of nitrogens with zero attached hydrogens (tertiary/aromatic N) is 3. The number of anilines is 1. The van der Waals surface area contributed by atoms with Crippen LogP contribution in [0.2, 0.25) is 0 Å². The second-order valence-electron chi connectivity index (χ2n) is 4.48. The maximum Gasteiger partial charge on any atom is 0.226 e. The van der Waals surface area contributed by atoms with Gasteiger partial charge in [-0.1, -0.05) is 30.3 Å². The third-order valence-electron chi connectivity index (χ3n) is 2.99. The zero-order valence-electron chi connectivity index (χ0n) is 11.5. The van der Waals surface area contributed by atoms with E-state index in [2.05, 4.69) is 10.4 Å². The lowest BCUT2D eigenvalue weighted by Crippen LogP contribution is -2.16. The summed E-state index contributed by atoms with van der Waals surface area (Å²) in [6.07, 6.45) is 1.56. The van der Waals surface area contributed by atoms with Crippen LogP contribution in [-0.2, 0) is 11.8 Å². The van der Waals surface area contributed by atoms with Gasteiger partial charge in [-0.15, -0.1) is 0 Å². The Labute approximate surface area is 122 Å². The largest absolute Gasteiger partial charge is 0.310 e. The molecule has 1 amide bonds. The average molecular weight is 282 g/mol. The highest BCUT2D eigenvalue weighted by Crippen LogP contribution is 2.13. The van der Waals surface area contributed by atoms with Gasteiger partial charge < -0.3 is 5.32 Å². The molecule has 0 unspecified atom stereocenters. The standard InChI is InChI=1S/C15H14N4O2/c1-19-15(12(9-16)10-17-19)18-14(21)8-7-13(20)11-5-3-2-4-6-11/h2-6,10H,7-8H2,1H3,(H,18,21). The van der Waals surface area contributed by atoms with Crippen LogP contribution < -0.4 is 5.32 Å². The van der Waals surface area contributed by atoms with E-state index in [0.29, 0.717) is 16.9 Å². The van der Waals surface area contributed by atoms with E-state index in [0.717, 1.165) is 0 Å². The van der Waals surface area contributed by atoms with Crippen molar-refractivity contribution in [3.63, 3.8) is 0 Å². The van der Waals surface area contributed by atoms with E-state index >= 15 is 0 Å². The van der Waals surface area contributed by atoms with Gasteiger partial charge in [0, 0.05) is 25.5 Å². The van der Waals surface area contributed by atoms with E-state index < -0.39 is 0 Å². The van der Waals surface area contributed by atoms with E-state index in [4.69, 9.17) is 5.26 Å². The smallest absolute Gasteiger partial charge is 0.226 e. The highest BCUT2D eigenvalue weighted by atomic mass is 16.2. The number of ketones is 1. The van der Waals surface area contributed by atoms with E-state index in [1.54, 1.807) is 31.3 Å². The van der Waals surface area contributed by atoms with E-state index in [-0.39, 0.29) is 24.5 Å². The molecular formula is C15H14N4O2. The lowest BCUT2D eigenvalue weighted by Gasteiger charge is -2.05. The minimum Gasteiger partial charge on any atom is -0.310 e. The Hall–Kier alpha value is -2.94. The third kappa shape index (κ3) is 3.54. The van der Waals surface area contributed by atoms with Gasteiger partial charge in [0.25, 0.3) is 0 Å². The van der Waals surface area contributed by atoms with E-state index in [1.165, 1.54) is 10.9 Å². The van der Waals surface area contributed by atoms with Crippen LogP contribution in [-0.4, -0.2) is 21.5 Å². The first-order chi connectivity index (χ1) is 10.1. The average Bonchev–Trinajstić information content (AvgIpc) is 2.86. The fraction of sp³-hybridized carbons (Fsp3) is 0.200. The number of hydrogen-bond acceptors (Lipinski definition) is 4. The van der Waals surface area contributed by atoms with E-state index in [9.17, 15) is 9.59 Å². The minimum atomic E-state index is -0.320. The molecule has 0 fully saturated rings. The summed E-state index contributed by atoms with van der Waals surface area (Å²) >= 11 is 0. The van der Waals surface area contributed by atoms with Crippen LogP contribution in [0.15, 0.2) is 36.5 Å². The second-order valence-corrected chi connectivity index (χ2v) is 4.48. The van der Waals surface area contributed by atoms with Crippen molar-refractivity contribution in [3.8, 4) is 6.07 Å². The number of aryl methyl sites for hydroxylation is 1. The molecule has 6 nitrogen and oxygen atoms in total. The van der Waals surface area contributed by atoms with Gasteiger partial charge in [0.15, 0.2) is 5.78 Å². The summed E-state index contributed by atoms with van der Waals surface area (Å²) in [6, 6.07) is 10.8. The molecule has 1 aromatic carbocycles. The lowest BCUT2D eigenvalue weighted by atomic mass is 10.1. The first-order valence-electron chi connectivity index (χ1n) is 6.42. The van der Waals surface area contributed by atoms with Crippen molar-refractivity contribution in [2.24, 2.45) is 7.05 Å². The zero-order chi connectivity index (χ0) is 15.2. The highest BCUT2D eigenvalue weighted by Gasteiger charge is 2.13. The molecule has 0 aliphatic heterocycles. The summed E-state index contributed by atoms with van der Waals surface area (Å²) < 4.78 is 1.41. The summed E-state index contributed by atoms with van der Waals surface area (Å²) in [4.78, 5) is 23.7. The maximum atomic E-state index is 11.9. The van der Waals surface area contributed by atoms with Gasteiger partial charge in [-0.2, -0.15) is 10.4 Å². The van der Waals surface area contributed by atoms with Gasteiger partial charge in [0.2, 0.25) is 5.91 Å². The molecule has 106 valence electrons. The monoisotopic (exact) mass is 282 g/mol. The first kappa shape index (κ1) is 14.5. The molecule has 0 radical (unpaired) electrons. The number of hydrogen-bond donors (Lipinski definition) is 1. The third-order valence-corrected chi connectivity index (χ3v) is 2.99. The zero-order valence-corrected chi connectivity index (χ0v) is 11.5. The Morgan fingerprint density at radius 3 is 2.67 bits per heavy atom. The molecule has 0 aliphatic carbocycles. The minimum absolute atomic E-state index is 0.0593. The molecule has 0 aliphatic rings. The molecule has 21 heavy (non-hydrogen) atoms. The molecular weight excluding hydrogens is 268 g/mol. The number of carbonyl (C=O) groups excluding carboxylic acids is 2. The van der Waals surface area contributed by atoms with Gasteiger partial charge in [-0.3, -0.25) is 14.3 Å². The number of Topliss-reactive ketones (excluding diaryl/α,β-unsaturated/α-hetero) is 1. The Bertz CT molecular complexity index is 698. The fourth-order valence-corrected chi connectivity index (χ4v) is 1.86. The van der Waals surface area contributed by atoms with Crippen molar-refractivity contribution < 1.29 is 9.59 Å². The van der Waals surface area contributed by atoms with E-state index in [1.807, 2.05) is 12.1 Å². The van der Waals surface area contributed by atoms with Gasteiger partial charge in [0.1, 0.15) is 17.5 Å². The van der Waals surface area contributed by atoms with Crippen molar-refractivity contribution in [1.29, 1.82) is 5.26 Å². The molecule has 0 saturated carbocycles. The summed E-state index contributed by atoms with van der Waals surface area (Å²) in [7, 11) is 1.63. The SMILES string of the molecule is Cn1ncc(C#N)c1NC(=O)CCC(=O)c1ccccc1. The van der Waals surface area contributed by atoms with Crippen molar-refractivity contribution >= 4 is 17.5 Å². The number of carbonyl (C=O) groups is 2. The predicted octanol–water partition coefficient (Wildman–Crippen LogP) is 1.89. The van der Waals surface area contributed by atoms with Crippen LogP contribution in [0.25, 0.3) is 0 Å². The van der Waals surface area contributed by atoms with Gasteiger partial charge >= 0.3 is 0 Å². The number of nitrogens with one attached hydrogen (secondary N) is 1. The van der Waals surface area contributed by atoms with Crippen LogP contribution in [0, 0.1) is 11.3 Å². The molecule has 0 saturated heterocycles. The summed E-state index contributed by atoms with van der Waals surface area (Å²) in [6.45, 7) is 0. The normalized spacial score (nSPS) is 9.90. The highest BCUT2D eigenvalue weighted by molar-refractivity contribution is 6.00. The molecule has 0 atom stereocenters. The predicted molar refractivity (Wildman–Crippen MR) is 76.6 cm³/mol. The second kappa shape index (κ2) is 6.48. The molecule has 1 heterocycles. The van der Waals surface area contributed by atoms with Crippen molar-refractivity contribution in [3.05, 3.63) is 47.7 Å². The Balaban J connectivity index is 1.93. The maximum absolute atomic E-state index is 11.9. The molecule has 1 N–H and O–H groups in total. The van der Waals surface area contributed by atoms with Crippen molar-refractivity contribution in [2.45, 2.75) is 12.8 Å². The number of nitriles is 1. The quantitative estimate of drug-likeness (QED) is 0.848. The molecule has 2 aromatic rings. The van der Waals surface area contributed by atoms with Crippen LogP contribution in [0.5, 0.6) is 0 Å². The van der Waals surface area contributed by atoms with Crippen LogP contribution in [0.4, 0.5) is 5.82 Å². The van der Waals surface area contributed by atoms with Gasteiger partial charge in [-0.25, -0.2) is 0 Å². The number of amides is 1. The summed E-state index contributed by atoms with van der Waals surface area (Å²) in [5.74, 6) is -0.0645. The fourth-order valence-electron chi connectivity index (χ4n) is 1.86. The molecule has 6 heteroatoms. The van der Waals surface area contributed by atoms with Gasteiger partial charge in [-0.05, 0) is 0 Å². The number of aromatic nitrogens is 2. The van der Waals surface area contributed by atoms with Crippen molar-refractivity contribution in [1.82, 2.24) is 9.78 Å². The lowest BCUT2D eigenvalue weighted by molar-refractivity contribution is -0.116. The molecule has 1 aromatic heterocycles. The number of benzene rings is 1. The van der Waals surface area contributed by atoms with Crippen LogP contribution in [0.1, 0.15) is 28.8 Å². The topological polar surface area (TPSA) is 87.8 Å². The molecule has 0 spiro atoms. The molecule has 0 bridgehead atoms. The molecule has 2 rings (SSSR count). The Kier molecular flexibility index (Phi) is 4.46. The number of rotatable bonds is 5. The summed E-state index contributed by atoms with van der Waals surface area (Å²) in [5, 5.41) is 15.4. The Morgan fingerprint density at radius 2 is 2.00 bits per heavy atom. The van der Waals surface area contributed by atoms with Crippen LogP contribution >= 0.6 is 0 Å². The first-order valence-corrected chi connectivity index (χ1v) is 6.42. The van der Waals surface area contributed by atoms with Crippen molar-refractivity contribution in [2.75, 3.05) is 5.32 Å². The summed E-state index contributed by atoms with van der Waals surface area (Å²) in [5.41, 5.74) is 0.879. The van der Waals surface area contributed by atoms with Gasteiger partial charge in [0.05, 0.1) is 6.20 Å². The van der Waals surface area contributed by atoms with Crippen LogP contribution in [0.3, 0.4) is 0 Å². The Morgan fingerprint density at radius 1 is 1.29 bits per heavy atom.